The van der Waals surface area contributed by atoms with E-state index in [0.29, 0.717) is 18.0 Å². The summed E-state index contributed by atoms with van der Waals surface area (Å²) in [5, 5.41) is 9.26. The van der Waals surface area contributed by atoms with Gasteiger partial charge in [0.15, 0.2) is 5.17 Å². The van der Waals surface area contributed by atoms with Crippen molar-refractivity contribution in [2.24, 2.45) is 15.9 Å². The first-order valence-electron chi connectivity index (χ1n) is 8.24. The Morgan fingerprint density at radius 1 is 1.37 bits per heavy atom. The molecule has 0 radical (unpaired) electrons. The molecule has 0 saturated carbocycles. The van der Waals surface area contributed by atoms with Crippen molar-refractivity contribution >= 4 is 52.0 Å². The highest BCUT2D eigenvalue weighted by Gasteiger charge is 2.40. The van der Waals surface area contributed by atoms with Crippen LogP contribution >= 0.6 is 23.1 Å². The number of carbonyl (C=O) groups excluding carboxylic acids is 2. The maximum absolute atomic E-state index is 12.6. The second-order valence-corrected chi connectivity index (χ2v) is 7.71. The van der Waals surface area contributed by atoms with Gasteiger partial charge in [0.05, 0.1) is 18.5 Å². The highest BCUT2D eigenvalue weighted by molar-refractivity contribution is 8.14. The summed E-state index contributed by atoms with van der Waals surface area (Å²) in [7, 11) is 0. The predicted octanol–water partition coefficient (Wildman–Crippen LogP) is 2.86. The number of amidine groups is 1. The summed E-state index contributed by atoms with van der Waals surface area (Å²) in [6.07, 6.45) is 1.66. The van der Waals surface area contributed by atoms with Gasteiger partial charge in [0, 0.05) is 11.3 Å². The smallest absolute Gasteiger partial charge is 0.247 e. The van der Waals surface area contributed by atoms with Gasteiger partial charge in [-0.15, -0.1) is 16.4 Å². The Bertz CT molecular complexity index is 863. The average Bonchev–Trinajstić information content (AvgIpc) is 3.25. The van der Waals surface area contributed by atoms with E-state index in [1.54, 1.807) is 30.5 Å². The van der Waals surface area contributed by atoms with Crippen LogP contribution in [0.3, 0.4) is 0 Å². The molecule has 140 valence electrons. The quantitative estimate of drug-likeness (QED) is 0.347. The Morgan fingerprint density at radius 3 is 2.81 bits per heavy atom. The largest absolute Gasteiger partial charge is 0.494 e. The van der Waals surface area contributed by atoms with Crippen LogP contribution in [0.25, 0.3) is 0 Å². The Hall–Kier alpha value is -2.65. The SMILES string of the molecule is CCOc1ccc(N2C(=O)C[C@H](SC(N)=NN=Cc3cccs3)C2=O)cc1. The third-order valence-corrected chi connectivity index (χ3v) is 5.44. The van der Waals surface area contributed by atoms with Crippen LogP contribution in [0, 0.1) is 0 Å². The number of amides is 2. The molecule has 0 unspecified atom stereocenters. The van der Waals surface area contributed by atoms with Crippen molar-refractivity contribution in [2.45, 2.75) is 18.6 Å². The fourth-order valence-corrected chi connectivity index (χ4v) is 3.90. The Kier molecular flexibility index (Phi) is 6.25. The molecule has 9 heteroatoms. The van der Waals surface area contributed by atoms with E-state index < -0.39 is 5.25 Å². The second kappa shape index (κ2) is 8.83. The van der Waals surface area contributed by atoms with Crippen molar-refractivity contribution in [3.63, 3.8) is 0 Å². The number of hydrogen-bond donors (Lipinski definition) is 1. The molecule has 27 heavy (non-hydrogen) atoms. The van der Waals surface area contributed by atoms with Gasteiger partial charge in [-0.1, -0.05) is 17.8 Å². The normalized spacial score (nSPS) is 17.9. The van der Waals surface area contributed by atoms with Gasteiger partial charge in [-0.3, -0.25) is 9.59 Å². The summed E-state index contributed by atoms with van der Waals surface area (Å²) in [6.45, 7) is 2.44. The molecule has 0 aliphatic carbocycles. The van der Waals surface area contributed by atoms with Crippen LogP contribution in [0.1, 0.15) is 18.2 Å². The van der Waals surface area contributed by atoms with E-state index in [9.17, 15) is 9.59 Å². The van der Waals surface area contributed by atoms with Gasteiger partial charge in [-0.2, -0.15) is 5.10 Å². The van der Waals surface area contributed by atoms with Crippen LogP contribution in [0.15, 0.2) is 52.0 Å². The molecule has 1 fully saturated rings. The number of benzene rings is 1. The van der Waals surface area contributed by atoms with E-state index in [0.717, 1.165) is 16.6 Å². The Labute approximate surface area is 164 Å². The lowest BCUT2D eigenvalue weighted by Gasteiger charge is -2.15. The van der Waals surface area contributed by atoms with Crippen molar-refractivity contribution in [3.8, 4) is 5.75 Å². The van der Waals surface area contributed by atoms with Crippen LogP contribution in [0.5, 0.6) is 5.75 Å². The van der Waals surface area contributed by atoms with Crippen LogP contribution < -0.4 is 15.4 Å². The van der Waals surface area contributed by atoms with Gasteiger partial charge in [0.1, 0.15) is 11.0 Å². The summed E-state index contributed by atoms with van der Waals surface area (Å²) >= 11 is 2.58. The van der Waals surface area contributed by atoms with Gasteiger partial charge < -0.3 is 10.5 Å². The van der Waals surface area contributed by atoms with Crippen molar-refractivity contribution in [3.05, 3.63) is 46.7 Å². The first-order chi connectivity index (χ1) is 13.1. The molecule has 1 aliphatic heterocycles. The van der Waals surface area contributed by atoms with Gasteiger partial charge >= 0.3 is 0 Å². The summed E-state index contributed by atoms with van der Waals surface area (Å²) in [5.74, 6) is 0.109. The lowest BCUT2D eigenvalue weighted by atomic mass is 10.3. The Balaban J connectivity index is 1.64. The number of nitrogens with zero attached hydrogens (tertiary/aromatic N) is 3. The third kappa shape index (κ3) is 4.75. The number of imide groups is 1. The maximum atomic E-state index is 12.6. The lowest BCUT2D eigenvalue weighted by Crippen LogP contribution is -2.31. The zero-order valence-corrected chi connectivity index (χ0v) is 16.2. The van der Waals surface area contributed by atoms with Crippen LogP contribution in [0.4, 0.5) is 5.69 Å². The zero-order valence-electron chi connectivity index (χ0n) is 14.6. The highest BCUT2D eigenvalue weighted by Crippen LogP contribution is 2.30. The van der Waals surface area contributed by atoms with E-state index in [-0.39, 0.29) is 23.4 Å². The molecule has 1 aromatic carbocycles. The molecule has 7 nitrogen and oxygen atoms in total. The Morgan fingerprint density at radius 2 is 2.15 bits per heavy atom. The summed E-state index contributed by atoms with van der Waals surface area (Å²) in [6, 6.07) is 10.7. The fourth-order valence-electron chi connectivity index (χ4n) is 2.50. The monoisotopic (exact) mass is 402 g/mol. The predicted molar refractivity (Wildman–Crippen MR) is 110 cm³/mol. The minimum atomic E-state index is -0.607. The number of anilines is 1. The number of hydrogen-bond acceptors (Lipinski definition) is 7. The molecule has 2 aromatic rings. The van der Waals surface area contributed by atoms with E-state index in [1.165, 1.54) is 16.2 Å². The minimum Gasteiger partial charge on any atom is -0.494 e. The topological polar surface area (TPSA) is 97.3 Å². The van der Waals surface area contributed by atoms with E-state index >= 15 is 0 Å². The molecule has 1 aliphatic rings. The highest BCUT2D eigenvalue weighted by atomic mass is 32.2. The second-order valence-electron chi connectivity index (χ2n) is 5.50. The van der Waals surface area contributed by atoms with Gasteiger partial charge in [0.25, 0.3) is 0 Å². The summed E-state index contributed by atoms with van der Waals surface area (Å²) in [4.78, 5) is 27.1. The van der Waals surface area contributed by atoms with Gasteiger partial charge in [-0.05, 0) is 42.6 Å². The van der Waals surface area contributed by atoms with Crippen molar-refractivity contribution in [1.29, 1.82) is 0 Å². The first-order valence-corrected chi connectivity index (χ1v) is 10.0. The molecule has 1 aromatic heterocycles. The van der Waals surface area contributed by atoms with Gasteiger partial charge in [-0.25, -0.2) is 4.90 Å². The van der Waals surface area contributed by atoms with Crippen LogP contribution in [-0.4, -0.2) is 35.1 Å². The average molecular weight is 403 g/mol. The number of rotatable bonds is 6. The molecule has 2 amide bonds. The summed E-state index contributed by atoms with van der Waals surface area (Å²) in [5.41, 5.74) is 6.36. The standard InChI is InChI=1S/C18H18N4O3S2/c1-2-25-13-7-5-12(6-8-13)22-16(23)10-15(17(22)24)27-18(19)21-20-11-14-4-3-9-26-14/h3-9,11,15H,2,10H2,1H3,(H2,19,21)/t15-/m0/s1. The van der Waals surface area contributed by atoms with E-state index in [2.05, 4.69) is 10.2 Å². The third-order valence-electron chi connectivity index (χ3n) is 3.66. The van der Waals surface area contributed by atoms with Crippen LogP contribution in [-0.2, 0) is 9.59 Å². The maximum Gasteiger partial charge on any atom is 0.247 e. The van der Waals surface area contributed by atoms with Crippen molar-refractivity contribution in [1.82, 2.24) is 0 Å². The number of carbonyl (C=O) groups is 2. The molecule has 0 spiro atoms. The molecular formula is C18H18N4O3S2. The van der Waals surface area contributed by atoms with Crippen LogP contribution in [0.2, 0.25) is 0 Å². The lowest BCUT2D eigenvalue weighted by molar-refractivity contribution is -0.121. The first kappa shape index (κ1) is 19.1. The fraction of sp³-hybridized carbons (Fsp3) is 0.222. The molecule has 1 atom stereocenters. The minimum absolute atomic E-state index is 0.0710. The van der Waals surface area contributed by atoms with Gasteiger partial charge in [0.2, 0.25) is 11.8 Å². The number of thioether (sulfide) groups is 1. The molecule has 0 bridgehead atoms. The molecule has 1 saturated heterocycles. The molecule has 3 rings (SSSR count). The van der Waals surface area contributed by atoms with Crippen molar-refractivity contribution in [2.75, 3.05) is 11.5 Å². The van der Waals surface area contributed by atoms with E-state index in [1.807, 2.05) is 24.4 Å². The number of nitrogens with two attached hydrogens (primary N) is 1. The summed E-state index contributed by atoms with van der Waals surface area (Å²) < 4.78 is 5.38. The zero-order chi connectivity index (χ0) is 19.2. The molecular weight excluding hydrogens is 384 g/mol. The molecule has 2 heterocycles. The van der Waals surface area contributed by atoms with Crippen molar-refractivity contribution < 1.29 is 14.3 Å². The number of thiophene rings is 1. The molecule has 2 N–H and O–H groups in total. The number of ether oxygens (including phenoxy) is 1. The van der Waals surface area contributed by atoms with E-state index in [4.69, 9.17) is 10.5 Å².